The zero-order valence-corrected chi connectivity index (χ0v) is 10.5. The lowest BCUT2D eigenvalue weighted by atomic mass is 10.1. The molecule has 1 heterocycles. The van der Waals surface area contributed by atoms with Crippen molar-refractivity contribution in [2.45, 2.75) is 19.8 Å². The molecule has 1 aromatic carbocycles. The second-order valence-corrected chi connectivity index (χ2v) is 4.19. The number of nitrogens with zero attached hydrogens (tertiary/aromatic N) is 2. The molecule has 0 fully saturated rings. The van der Waals surface area contributed by atoms with Crippen LogP contribution in [0, 0.1) is 30.9 Å². The first-order chi connectivity index (χ1) is 9.13. The van der Waals surface area contributed by atoms with Crippen LogP contribution in [0.25, 0.3) is 11.4 Å². The van der Waals surface area contributed by atoms with Crippen LogP contribution >= 0.6 is 0 Å². The third-order valence-electron chi connectivity index (χ3n) is 2.72. The van der Waals surface area contributed by atoms with Crippen molar-refractivity contribution in [3.05, 3.63) is 47.3 Å². The molecule has 0 saturated carbocycles. The van der Waals surface area contributed by atoms with Gasteiger partial charge in [0.1, 0.15) is 0 Å². The number of rotatable bonds is 3. The van der Waals surface area contributed by atoms with Gasteiger partial charge in [-0.15, -0.1) is 12.3 Å². The van der Waals surface area contributed by atoms with Crippen molar-refractivity contribution in [3.63, 3.8) is 0 Å². The summed E-state index contributed by atoms with van der Waals surface area (Å²) in [7, 11) is 0. The fraction of sp³-hybridized carbons (Fsp3) is 0.200. The van der Waals surface area contributed by atoms with Gasteiger partial charge in [-0.25, -0.2) is 18.7 Å². The highest BCUT2D eigenvalue weighted by Crippen LogP contribution is 2.24. The maximum absolute atomic E-state index is 14.0. The van der Waals surface area contributed by atoms with Crippen molar-refractivity contribution in [3.8, 4) is 23.7 Å². The zero-order chi connectivity index (χ0) is 13.8. The molecule has 0 aliphatic rings. The standard InChI is InChI=1S/C15H12F2N2/c1-3-4-5-11-6-7-12(14(17)13(11)16)15-18-8-10(2)9-19-15/h1,6-9H,4-5H2,2H3. The Morgan fingerprint density at radius 1 is 1.16 bits per heavy atom. The van der Waals surface area contributed by atoms with Gasteiger partial charge in [0, 0.05) is 18.8 Å². The van der Waals surface area contributed by atoms with Crippen LogP contribution in [0.2, 0.25) is 0 Å². The molecule has 2 rings (SSSR count). The molecule has 0 aliphatic heterocycles. The Labute approximate surface area is 110 Å². The van der Waals surface area contributed by atoms with E-state index in [4.69, 9.17) is 6.42 Å². The SMILES string of the molecule is C#CCCc1ccc(-c2ncc(C)cn2)c(F)c1F. The van der Waals surface area contributed by atoms with Crippen LogP contribution in [0.15, 0.2) is 24.5 Å². The Morgan fingerprint density at radius 3 is 2.47 bits per heavy atom. The summed E-state index contributed by atoms with van der Waals surface area (Å²) in [5.74, 6) is 0.763. The largest absolute Gasteiger partial charge is 0.236 e. The van der Waals surface area contributed by atoms with Crippen LogP contribution in [0.3, 0.4) is 0 Å². The van der Waals surface area contributed by atoms with Gasteiger partial charge in [0.05, 0.1) is 5.56 Å². The molecule has 0 N–H and O–H groups in total. The summed E-state index contributed by atoms with van der Waals surface area (Å²) in [6.07, 6.45) is 8.92. The molecule has 0 bridgehead atoms. The highest BCUT2D eigenvalue weighted by atomic mass is 19.2. The van der Waals surface area contributed by atoms with Gasteiger partial charge in [0.15, 0.2) is 17.5 Å². The van der Waals surface area contributed by atoms with E-state index in [9.17, 15) is 8.78 Å². The second-order valence-electron chi connectivity index (χ2n) is 4.19. The third-order valence-corrected chi connectivity index (χ3v) is 2.72. The Morgan fingerprint density at radius 2 is 1.84 bits per heavy atom. The molecule has 0 spiro atoms. The van der Waals surface area contributed by atoms with Crippen molar-refractivity contribution in [2.75, 3.05) is 0 Å². The van der Waals surface area contributed by atoms with Crippen LogP contribution in [-0.2, 0) is 6.42 Å². The minimum atomic E-state index is -0.932. The number of halogens is 2. The molecule has 2 nitrogen and oxygen atoms in total. The van der Waals surface area contributed by atoms with Gasteiger partial charge in [-0.3, -0.25) is 0 Å². The van der Waals surface area contributed by atoms with E-state index in [1.165, 1.54) is 12.1 Å². The molecule has 0 saturated heterocycles. The van der Waals surface area contributed by atoms with Gasteiger partial charge < -0.3 is 0 Å². The van der Waals surface area contributed by atoms with Crippen LogP contribution < -0.4 is 0 Å². The quantitative estimate of drug-likeness (QED) is 0.789. The van der Waals surface area contributed by atoms with E-state index in [1.807, 2.05) is 6.92 Å². The Hall–Kier alpha value is -2.28. The van der Waals surface area contributed by atoms with Gasteiger partial charge in [0.2, 0.25) is 0 Å². The summed E-state index contributed by atoms with van der Waals surface area (Å²) in [6.45, 7) is 1.82. The first kappa shape index (κ1) is 13.2. The van der Waals surface area contributed by atoms with Crippen LogP contribution in [0.4, 0.5) is 8.78 Å². The normalized spacial score (nSPS) is 10.2. The van der Waals surface area contributed by atoms with E-state index in [0.29, 0.717) is 12.8 Å². The Balaban J connectivity index is 2.41. The molecular weight excluding hydrogens is 246 g/mol. The number of terminal acetylenes is 1. The van der Waals surface area contributed by atoms with E-state index in [-0.39, 0.29) is 17.0 Å². The topological polar surface area (TPSA) is 25.8 Å². The average Bonchev–Trinajstić information content (AvgIpc) is 2.42. The third kappa shape index (κ3) is 2.76. The second kappa shape index (κ2) is 5.57. The fourth-order valence-electron chi connectivity index (χ4n) is 1.69. The van der Waals surface area contributed by atoms with E-state index in [0.717, 1.165) is 5.56 Å². The number of hydrogen-bond donors (Lipinski definition) is 0. The highest BCUT2D eigenvalue weighted by molar-refractivity contribution is 5.56. The molecule has 96 valence electrons. The van der Waals surface area contributed by atoms with Crippen LogP contribution in [-0.4, -0.2) is 9.97 Å². The number of hydrogen-bond acceptors (Lipinski definition) is 2. The van der Waals surface area contributed by atoms with Gasteiger partial charge in [-0.05, 0) is 30.5 Å². The molecule has 0 amide bonds. The highest BCUT2D eigenvalue weighted by Gasteiger charge is 2.15. The van der Waals surface area contributed by atoms with Gasteiger partial charge in [0.25, 0.3) is 0 Å². The molecule has 0 aliphatic carbocycles. The first-order valence-electron chi connectivity index (χ1n) is 5.83. The molecule has 19 heavy (non-hydrogen) atoms. The van der Waals surface area contributed by atoms with E-state index >= 15 is 0 Å². The van der Waals surface area contributed by atoms with Crippen molar-refractivity contribution >= 4 is 0 Å². The van der Waals surface area contributed by atoms with Crippen molar-refractivity contribution < 1.29 is 8.78 Å². The average molecular weight is 258 g/mol. The van der Waals surface area contributed by atoms with E-state index in [2.05, 4.69) is 15.9 Å². The number of benzene rings is 1. The van der Waals surface area contributed by atoms with Crippen molar-refractivity contribution in [1.29, 1.82) is 0 Å². The van der Waals surface area contributed by atoms with Gasteiger partial charge in [-0.2, -0.15) is 0 Å². The molecule has 2 aromatic rings. The fourth-order valence-corrected chi connectivity index (χ4v) is 1.69. The Bertz CT molecular complexity index is 628. The molecule has 1 aromatic heterocycles. The van der Waals surface area contributed by atoms with Crippen molar-refractivity contribution in [2.24, 2.45) is 0 Å². The maximum Gasteiger partial charge on any atom is 0.170 e. The zero-order valence-electron chi connectivity index (χ0n) is 10.5. The predicted molar refractivity (Wildman–Crippen MR) is 69.3 cm³/mol. The maximum atomic E-state index is 14.0. The predicted octanol–water partition coefficient (Wildman–Crippen LogP) is 3.30. The molecule has 0 radical (unpaired) electrons. The van der Waals surface area contributed by atoms with Crippen molar-refractivity contribution in [1.82, 2.24) is 9.97 Å². The first-order valence-corrected chi connectivity index (χ1v) is 5.83. The van der Waals surface area contributed by atoms with Gasteiger partial charge >= 0.3 is 0 Å². The van der Waals surface area contributed by atoms with E-state index < -0.39 is 11.6 Å². The van der Waals surface area contributed by atoms with Gasteiger partial charge in [-0.1, -0.05) is 6.07 Å². The molecule has 4 heteroatoms. The summed E-state index contributed by atoms with van der Waals surface area (Å²) >= 11 is 0. The lowest BCUT2D eigenvalue weighted by molar-refractivity contribution is 0.501. The number of aryl methyl sites for hydroxylation is 2. The van der Waals surface area contributed by atoms with Crippen LogP contribution in [0.5, 0.6) is 0 Å². The summed E-state index contributed by atoms with van der Waals surface area (Å²) in [5.41, 5.74) is 1.18. The minimum absolute atomic E-state index is 0.0574. The minimum Gasteiger partial charge on any atom is -0.236 e. The summed E-state index contributed by atoms with van der Waals surface area (Å²) in [6, 6.07) is 3.00. The lowest BCUT2D eigenvalue weighted by Gasteiger charge is -2.06. The molecule has 0 atom stereocenters. The van der Waals surface area contributed by atoms with Crippen LogP contribution in [0.1, 0.15) is 17.5 Å². The van der Waals surface area contributed by atoms with E-state index in [1.54, 1.807) is 12.4 Å². The summed E-state index contributed by atoms with van der Waals surface area (Å²) in [5, 5.41) is 0. The Kier molecular flexibility index (Phi) is 3.86. The molecular formula is C15H12F2N2. The number of aromatic nitrogens is 2. The summed E-state index contributed by atoms with van der Waals surface area (Å²) < 4.78 is 27.8. The lowest BCUT2D eigenvalue weighted by Crippen LogP contribution is -1.99. The molecule has 0 unspecified atom stereocenters. The monoisotopic (exact) mass is 258 g/mol. The summed E-state index contributed by atoms with van der Waals surface area (Å²) in [4.78, 5) is 7.98. The smallest absolute Gasteiger partial charge is 0.170 e.